The first-order valence-electron chi connectivity index (χ1n) is 8.62. The van der Waals surface area contributed by atoms with Gasteiger partial charge < -0.3 is 4.74 Å². The second-order valence-corrected chi connectivity index (χ2v) is 8.51. The maximum absolute atomic E-state index is 13.4. The molecule has 27 heavy (non-hydrogen) atoms. The molecule has 0 N–H and O–H groups in total. The normalized spacial score (nSPS) is 16.4. The number of halogens is 2. The summed E-state index contributed by atoms with van der Waals surface area (Å²) in [7, 11) is -2.22. The van der Waals surface area contributed by atoms with E-state index >= 15 is 0 Å². The summed E-state index contributed by atoms with van der Waals surface area (Å²) in [6.07, 6.45) is 0. The molecule has 2 aromatic rings. The Morgan fingerprint density at radius 3 is 2.33 bits per heavy atom. The van der Waals surface area contributed by atoms with Crippen LogP contribution in [0.15, 0.2) is 41.3 Å². The lowest BCUT2D eigenvalue weighted by Gasteiger charge is -2.34. The van der Waals surface area contributed by atoms with Crippen LogP contribution in [0.3, 0.4) is 0 Å². The van der Waals surface area contributed by atoms with Gasteiger partial charge in [-0.15, -0.1) is 0 Å². The van der Waals surface area contributed by atoms with Crippen molar-refractivity contribution < 1.29 is 21.9 Å². The molecule has 0 bridgehead atoms. The summed E-state index contributed by atoms with van der Waals surface area (Å²) in [6.45, 7) is 4.32. The van der Waals surface area contributed by atoms with E-state index in [-0.39, 0.29) is 18.0 Å². The van der Waals surface area contributed by atoms with Crippen LogP contribution < -0.4 is 4.74 Å². The van der Waals surface area contributed by atoms with Gasteiger partial charge in [0.2, 0.25) is 10.0 Å². The first kappa shape index (κ1) is 19.7. The molecule has 0 aromatic heterocycles. The summed E-state index contributed by atoms with van der Waals surface area (Å²) in [5, 5.41) is 0. The van der Waals surface area contributed by atoms with Crippen molar-refractivity contribution in [2.45, 2.75) is 18.4 Å². The molecule has 146 valence electrons. The third kappa shape index (κ3) is 4.28. The lowest BCUT2D eigenvalue weighted by Crippen LogP contribution is -2.48. The van der Waals surface area contributed by atoms with E-state index in [1.807, 2.05) is 19.1 Å². The zero-order valence-corrected chi connectivity index (χ0v) is 16.1. The highest BCUT2D eigenvalue weighted by molar-refractivity contribution is 7.89. The molecule has 2 aromatic carbocycles. The van der Waals surface area contributed by atoms with E-state index < -0.39 is 21.7 Å². The van der Waals surface area contributed by atoms with Crippen molar-refractivity contribution >= 4 is 10.0 Å². The molecule has 0 saturated carbocycles. The molecule has 0 unspecified atom stereocenters. The molecule has 0 amide bonds. The molecule has 1 saturated heterocycles. The number of ether oxygens (including phenoxy) is 1. The summed E-state index contributed by atoms with van der Waals surface area (Å²) >= 11 is 0. The summed E-state index contributed by atoms with van der Waals surface area (Å²) in [4.78, 5) is 1.92. The summed E-state index contributed by atoms with van der Waals surface area (Å²) in [6, 6.07) is 8.63. The maximum atomic E-state index is 13.4. The van der Waals surface area contributed by atoms with E-state index in [4.69, 9.17) is 4.74 Å². The van der Waals surface area contributed by atoms with E-state index in [1.165, 1.54) is 4.31 Å². The van der Waals surface area contributed by atoms with E-state index in [2.05, 4.69) is 11.0 Å². The highest BCUT2D eigenvalue weighted by Gasteiger charge is 2.29. The molecule has 0 radical (unpaired) electrons. The minimum atomic E-state index is -3.84. The molecular formula is C19H22F2N2O3S. The Bertz CT molecular complexity index is 927. The zero-order valence-electron chi connectivity index (χ0n) is 15.3. The Morgan fingerprint density at radius 2 is 1.70 bits per heavy atom. The quantitative estimate of drug-likeness (QED) is 0.780. The number of benzene rings is 2. The van der Waals surface area contributed by atoms with Gasteiger partial charge in [-0.1, -0.05) is 17.7 Å². The zero-order chi connectivity index (χ0) is 19.6. The molecule has 1 aliphatic heterocycles. The number of hydrogen-bond acceptors (Lipinski definition) is 4. The van der Waals surface area contributed by atoms with Crippen LogP contribution in [0, 0.1) is 18.6 Å². The molecule has 1 fully saturated rings. The second kappa shape index (κ2) is 7.92. The van der Waals surface area contributed by atoms with Gasteiger partial charge in [-0.2, -0.15) is 4.31 Å². The lowest BCUT2D eigenvalue weighted by molar-refractivity contribution is 0.180. The maximum Gasteiger partial charge on any atom is 0.243 e. The molecule has 0 atom stereocenters. The largest absolute Gasteiger partial charge is 0.496 e. The Morgan fingerprint density at radius 1 is 1.00 bits per heavy atom. The number of rotatable bonds is 5. The molecule has 1 aliphatic rings. The minimum Gasteiger partial charge on any atom is -0.496 e. The SMILES string of the molecule is COc1ccc(C)cc1CN1CCN(S(=O)(=O)c2ccc(F)c(F)c2)CC1. The van der Waals surface area contributed by atoms with E-state index in [0.29, 0.717) is 19.6 Å². The van der Waals surface area contributed by atoms with Crippen molar-refractivity contribution in [3.05, 3.63) is 59.2 Å². The number of hydrogen-bond donors (Lipinski definition) is 0. The van der Waals surface area contributed by atoms with Gasteiger partial charge in [0.25, 0.3) is 0 Å². The van der Waals surface area contributed by atoms with Crippen LogP contribution in [-0.2, 0) is 16.6 Å². The number of piperazine rings is 1. The smallest absolute Gasteiger partial charge is 0.243 e. The van der Waals surface area contributed by atoms with Crippen molar-refractivity contribution in [2.75, 3.05) is 33.3 Å². The van der Waals surface area contributed by atoms with Crippen LogP contribution in [0.2, 0.25) is 0 Å². The Kier molecular flexibility index (Phi) is 5.78. The molecule has 0 aliphatic carbocycles. The number of methoxy groups -OCH3 is 1. The van der Waals surface area contributed by atoms with Crippen molar-refractivity contribution in [1.82, 2.24) is 9.21 Å². The van der Waals surface area contributed by atoms with E-state index in [1.54, 1.807) is 7.11 Å². The minimum absolute atomic E-state index is 0.227. The van der Waals surface area contributed by atoms with Crippen LogP contribution in [-0.4, -0.2) is 50.9 Å². The fourth-order valence-electron chi connectivity index (χ4n) is 3.19. The van der Waals surface area contributed by atoms with Crippen LogP contribution in [0.25, 0.3) is 0 Å². The average Bonchev–Trinajstić information content (AvgIpc) is 2.64. The van der Waals surface area contributed by atoms with Crippen molar-refractivity contribution in [2.24, 2.45) is 0 Å². The fraction of sp³-hybridized carbons (Fsp3) is 0.368. The van der Waals surface area contributed by atoms with Gasteiger partial charge in [0.1, 0.15) is 5.75 Å². The topological polar surface area (TPSA) is 49.9 Å². The monoisotopic (exact) mass is 396 g/mol. The fourth-order valence-corrected chi connectivity index (χ4v) is 4.62. The summed E-state index contributed by atoms with van der Waals surface area (Å²) in [5.74, 6) is -1.43. The first-order valence-corrected chi connectivity index (χ1v) is 10.1. The predicted octanol–water partition coefficient (Wildman–Crippen LogP) is 2.79. The third-order valence-electron chi connectivity index (χ3n) is 4.69. The molecule has 0 spiro atoms. The number of nitrogens with zero attached hydrogens (tertiary/aromatic N) is 2. The van der Waals surface area contributed by atoms with Crippen LogP contribution in [0.5, 0.6) is 5.75 Å². The Balaban J connectivity index is 1.68. The van der Waals surface area contributed by atoms with Gasteiger partial charge in [0.05, 0.1) is 12.0 Å². The molecule has 8 heteroatoms. The predicted molar refractivity (Wildman–Crippen MR) is 98.1 cm³/mol. The molecule has 1 heterocycles. The van der Waals surface area contributed by atoms with Gasteiger partial charge in [-0.05, 0) is 31.2 Å². The van der Waals surface area contributed by atoms with E-state index in [9.17, 15) is 17.2 Å². The first-order chi connectivity index (χ1) is 12.8. The molecular weight excluding hydrogens is 374 g/mol. The number of aryl methyl sites for hydroxylation is 1. The van der Waals surface area contributed by atoms with Crippen molar-refractivity contribution in [1.29, 1.82) is 0 Å². The Labute approximate surface area is 158 Å². The van der Waals surface area contributed by atoms with Gasteiger partial charge in [0, 0.05) is 38.3 Å². The summed E-state index contributed by atoms with van der Waals surface area (Å²) in [5.41, 5.74) is 2.18. The van der Waals surface area contributed by atoms with Crippen molar-refractivity contribution in [3.8, 4) is 5.75 Å². The van der Waals surface area contributed by atoms with Crippen LogP contribution >= 0.6 is 0 Å². The van der Waals surface area contributed by atoms with Gasteiger partial charge >= 0.3 is 0 Å². The molecule has 5 nitrogen and oxygen atoms in total. The highest BCUT2D eigenvalue weighted by atomic mass is 32.2. The van der Waals surface area contributed by atoms with Gasteiger partial charge in [-0.3, -0.25) is 4.90 Å². The Hall–Kier alpha value is -2.03. The van der Waals surface area contributed by atoms with Crippen LogP contribution in [0.1, 0.15) is 11.1 Å². The van der Waals surface area contributed by atoms with Gasteiger partial charge in [0.15, 0.2) is 11.6 Å². The third-order valence-corrected chi connectivity index (χ3v) is 6.58. The second-order valence-electron chi connectivity index (χ2n) is 6.57. The van der Waals surface area contributed by atoms with Crippen molar-refractivity contribution in [3.63, 3.8) is 0 Å². The molecule has 3 rings (SSSR count). The average molecular weight is 396 g/mol. The number of sulfonamides is 1. The van der Waals surface area contributed by atoms with E-state index in [0.717, 1.165) is 35.1 Å². The summed E-state index contributed by atoms with van der Waals surface area (Å²) < 4.78 is 58.5. The standard InChI is InChI=1S/C19H22F2N2O3S/c1-14-3-6-19(26-2)15(11-14)13-22-7-9-23(10-8-22)27(24,25)16-4-5-17(20)18(21)12-16/h3-6,11-12H,7-10,13H2,1-2H3. The highest BCUT2D eigenvalue weighted by Crippen LogP contribution is 2.24. The van der Waals surface area contributed by atoms with Crippen LogP contribution in [0.4, 0.5) is 8.78 Å². The lowest BCUT2D eigenvalue weighted by atomic mass is 10.1. The van der Waals surface area contributed by atoms with Gasteiger partial charge in [-0.25, -0.2) is 17.2 Å².